The van der Waals surface area contributed by atoms with Gasteiger partial charge in [0.2, 0.25) is 0 Å². The molecule has 1 aliphatic heterocycles. The van der Waals surface area contributed by atoms with E-state index in [9.17, 15) is 15.0 Å². The van der Waals surface area contributed by atoms with E-state index < -0.39 is 11.6 Å². The van der Waals surface area contributed by atoms with Crippen molar-refractivity contribution in [2.24, 2.45) is 0 Å². The van der Waals surface area contributed by atoms with Crippen molar-refractivity contribution in [1.29, 1.82) is 0 Å². The fourth-order valence-electron chi connectivity index (χ4n) is 3.08. The number of fused-ring (bicyclic) bond motifs is 2. The highest BCUT2D eigenvalue weighted by Crippen LogP contribution is 2.52. The number of benzene rings is 2. The first-order chi connectivity index (χ1) is 12.6. The highest BCUT2D eigenvalue weighted by Gasteiger charge is 2.36. The van der Waals surface area contributed by atoms with Crippen LogP contribution in [-0.4, -0.2) is 23.3 Å². The van der Waals surface area contributed by atoms with Crippen LogP contribution in [0.15, 0.2) is 12.1 Å². The SMILES string of the molecule is CC[C@](C)(O)c1cc(OC)c(C)c2c1Oc1c(Cl)c(O)cc(C)c1C(=O)O2. The number of hydrogen-bond donors (Lipinski definition) is 2. The van der Waals surface area contributed by atoms with Crippen LogP contribution in [0.4, 0.5) is 0 Å². The molecule has 2 N–H and O–H groups in total. The standard InChI is InChI=1S/C20H21ClO6/c1-6-20(4,24)11-8-13(25-5)10(3)16-17(11)26-18-14(19(23)27-16)9(2)7-12(22)15(18)21/h7-8,22,24H,6H2,1-5H3/t20-/m0/s1. The Bertz CT molecular complexity index is 948. The van der Waals surface area contributed by atoms with Gasteiger partial charge in [-0.25, -0.2) is 4.79 Å². The lowest BCUT2D eigenvalue weighted by molar-refractivity contribution is 0.0501. The van der Waals surface area contributed by atoms with Crippen molar-refractivity contribution in [3.8, 4) is 28.7 Å². The maximum absolute atomic E-state index is 12.8. The minimum Gasteiger partial charge on any atom is -0.506 e. The van der Waals surface area contributed by atoms with Crippen LogP contribution in [0.25, 0.3) is 0 Å². The number of phenols is 1. The number of aromatic hydroxyl groups is 1. The molecule has 0 aromatic heterocycles. The molecule has 1 heterocycles. The van der Waals surface area contributed by atoms with Gasteiger partial charge < -0.3 is 24.4 Å². The second-order valence-electron chi connectivity index (χ2n) is 6.76. The summed E-state index contributed by atoms with van der Waals surface area (Å²) in [5, 5.41) is 20.8. The van der Waals surface area contributed by atoms with Gasteiger partial charge in [0.05, 0.1) is 12.7 Å². The zero-order valence-electron chi connectivity index (χ0n) is 15.8. The second-order valence-corrected chi connectivity index (χ2v) is 7.14. The summed E-state index contributed by atoms with van der Waals surface area (Å²) in [6.45, 7) is 6.81. The predicted octanol–water partition coefficient (Wildman–Crippen LogP) is 4.61. The first kappa shape index (κ1) is 19.3. The Hall–Kier alpha value is -2.44. The zero-order valence-corrected chi connectivity index (χ0v) is 16.5. The van der Waals surface area contributed by atoms with E-state index in [2.05, 4.69) is 0 Å². The summed E-state index contributed by atoms with van der Waals surface area (Å²) in [4.78, 5) is 12.8. The van der Waals surface area contributed by atoms with E-state index in [0.29, 0.717) is 28.9 Å². The van der Waals surface area contributed by atoms with Crippen LogP contribution in [0.1, 0.15) is 47.3 Å². The van der Waals surface area contributed by atoms with Gasteiger partial charge in [-0.05, 0) is 44.9 Å². The minimum absolute atomic E-state index is 0.00404. The van der Waals surface area contributed by atoms with Crippen molar-refractivity contribution >= 4 is 17.6 Å². The Labute approximate surface area is 162 Å². The number of rotatable bonds is 3. The third kappa shape index (κ3) is 2.99. The predicted molar refractivity (Wildman–Crippen MR) is 100 cm³/mol. The van der Waals surface area contributed by atoms with Crippen molar-refractivity contribution in [2.45, 2.75) is 39.7 Å². The van der Waals surface area contributed by atoms with E-state index in [0.717, 1.165) is 0 Å². The van der Waals surface area contributed by atoms with Gasteiger partial charge in [-0.1, -0.05) is 18.5 Å². The summed E-state index contributed by atoms with van der Waals surface area (Å²) < 4.78 is 17.0. The number of phenolic OH excluding ortho intramolecular Hbond substituents is 1. The van der Waals surface area contributed by atoms with Crippen LogP contribution in [0, 0.1) is 13.8 Å². The van der Waals surface area contributed by atoms with Gasteiger partial charge in [-0.2, -0.15) is 0 Å². The largest absolute Gasteiger partial charge is 0.506 e. The third-order valence-corrected chi connectivity index (χ3v) is 5.29. The van der Waals surface area contributed by atoms with E-state index in [-0.39, 0.29) is 33.6 Å². The molecule has 0 unspecified atom stereocenters. The fraction of sp³-hybridized carbons (Fsp3) is 0.350. The summed E-state index contributed by atoms with van der Waals surface area (Å²) in [6.07, 6.45) is 0.378. The molecule has 1 atom stereocenters. The highest BCUT2D eigenvalue weighted by molar-refractivity contribution is 6.34. The van der Waals surface area contributed by atoms with Crippen LogP contribution in [-0.2, 0) is 5.60 Å². The Balaban J connectivity index is 2.38. The van der Waals surface area contributed by atoms with Gasteiger partial charge in [0.25, 0.3) is 0 Å². The molecule has 27 heavy (non-hydrogen) atoms. The van der Waals surface area contributed by atoms with E-state index in [1.165, 1.54) is 13.2 Å². The van der Waals surface area contributed by atoms with Crippen molar-refractivity contribution in [2.75, 3.05) is 7.11 Å². The Morgan fingerprint density at radius 3 is 2.44 bits per heavy atom. The molecule has 2 aromatic carbocycles. The van der Waals surface area contributed by atoms with E-state index in [1.54, 1.807) is 26.8 Å². The maximum atomic E-state index is 12.8. The smallest absolute Gasteiger partial charge is 0.347 e. The number of methoxy groups -OCH3 is 1. The van der Waals surface area contributed by atoms with Gasteiger partial charge >= 0.3 is 5.97 Å². The Morgan fingerprint density at radius 2 is 1.85 bits per heavy atom. The van der Waals surface area contributed by atoms with E-state index in [4.69, 9.17) is 25.8 Å². The van der Waals surface area contributed by atoms with Gasteiger partial charge in [0.15, 0.2) is 17.2 Å². The first-order valence-electron chi connectivity index (χ1n) is 8.48. The summed E-state index contributed by atoms with van der Waals surface area (Å²) in [7, 11) is 1.49. The lowest BCUT2D eigenvalue weighted by Gasteiger charge is -2.27. The van der Waals surface area contributed by atoms with Gasteiger partial charge in [-0.15, -0.1) is 0 Å². The monoisotopic (exact) mass is 392 g/mol. The lowest BCUT2D eigenvalue weighted by atomic mass is 9.90. The molecular formula is C20H21ClO6. The molecule has 0 saturated heterocycles. The molecular weight excluding hydrogens is 372 g/mol. The molecule has 0 spiro atoms. The van der Waals surface area contributed by atoms with Crippen LogP contribution < -0.4 is 14.2 Å². The summed E-state index contributed by atoms with van der Waals surface area (Å²) >= 11 is 6.22. The Kier molecular flexibility index (Phi) is 4.74. The number of ether oxygens (including phenoxy) is 3. The number of carbonyl (C=O) groups excluding carboxylic acids is 1. The molecule has 0 saturated carbocycles. The topological polar surface area (TPSA) is 85.2 Å². The van der Waals surface area contributed by atoms with Crippen LogP contribution >= 0.6 is 11.6 Å². The molecule has 7 heteroatoms. The number of aliphatic hydroxyl groups is 1. The molecule has 0 fully saturated rings. The summed E-state index contributed by atoms with van der Waals surface area (Å²) in [5.74, 6) is -0.116. The number of carbonyl (C=O) groups is 1. The van der Waals surface area contributed by atoms with Crippen LogP contribution in [0.5, 0.6) is 28.7 Å². The molecule has 0 radical (unpaired) electrons. The van der Waals surface area contributed by atoms with Gasteiger partial charge in [-0.3, -0.25) is 0 Å². The number of hydrogen-bond acceptors (Lipinski definition) is 6. The van der Waals surface area contributed by atoms with Crippen molar-refractivity contribution in [1.82, 2.24) is 0 Å². The van der Waals surface area contributed by atoms with Gasteiger partial charge in [0.1, 0.15) is 22.1 Å². The molecule has 3 rings (SSSR count). The molecule has 6 nitrogen and oxygen atoms in total. The number of aryl methyl sites for hydroxylation is 1. The van der Waals surface area contributed by atoms with Crippen molar-refractivity contribution < 1.29 is 29.2 Å². The minimum atomic E-state index is -1.28. The molecule has 144 valence electrons. The van der Waals surface area contributed by atoms with E-state index in [1.807, 2.05) is 6.92 Å². The maximum Gasteiger partial charge on any atom is 0.347 e. The van der Waals surface area contributed by atoms with Crippen molar-refractivity contribution in [3.05, 3.63) is 39.4 Å². The summed E-state index contributed by atoms with van der Waals surface area (Å²) in [5.41, 5.74) is 0.232. The average molecular weight is 393 g/mol. The van der Waals surface area contributed by atoms with Gasteiger partial charge in [0, 0.05) is 11.1 Å². The van der Waals surface area contributed by atoms with E-state index >= 15 is 0 Å². The number of halogens is 1. The zero-order chi connectivity index (χ0) is 20.1. The summed E-state index contributed by atoms with van der Waals surface area (Å²) in [6, 6.07) is 3.03. The molecule has 2 aromatic rings. The second kappa shape index (κ2) is 6.62. The molecule has 0 bridgehead atoms. The highest BCUT2D eigenvalue weighted by atomic mass is 35.5. The normalized spacial score (nSPS) is 15.0. The first-order valence-corrected chi connectivity index (χ1v) is 8.86. The fourth-order valence-corrected chi connectivity index (χ4v) is 3.26. The molecule has 0 amide bonds. The quantitative estimate of drug-likeness (QED) is 0.586. The number of esters is 1. The lowest BCUT2D eigenvalue weighted by Crippen LogP contribution is -2.21. The molecule has 1 aliphatic rings. The van der Waals surface area contributed by atoms with Crippen LogP contribution in [0.2, 0.25) is 5.02 Å². The van der Waals surface area contributed by atoms with Crippen LogP contribution in [0.3, 0.4) is 0 Å². The Morgan fingerprint density at radius 1 is 1.19 bits per heavy atom. The molecule has 0 aliphatic carbocycles. The third-order valence-electron chi connectivity index (χ3n) is 4.93. The average Bonchev–Trinajstić information content (AvgIpc) is 2.77. The van der Waals surface area contributed by atoms with Crippen molar-refractivity contribution in [3.63, 3.8) is 0 Å².